The Kier molecular flexibility index (Phi) is 8.78. The number of hydrogen-bond donors (Lipinski definition) is 12. The summed E-state index contributed by atoms with van der Waals surface area (Å²) in [6, 6.07) is 4.57. The van der Waals surface area contributed by atoms with Gasteiger partial charge < -0.3 is 65.7 Å². The maximum absolute atomic E-state index is 14.7. The highest BCUT2D eigenvalue weighted by Gasteiger charge is 2.75. The van der Waals surface area contributed by atoms with Crippen molar-refractivity contribution in [3.63, 3.8) is 0 Å². The number of carbonyl (C=O) groups is 2. The van der Waals surface area contributed by atoms with Crippen LogP contribution in [-0.4, -0.2) is 148 Å². The summed E-state index contributed by atoms with van der Waals surface area (Å²) in [6.45, 7) is 0.365. The van der Waals surface area contributed by atoms with Crippen molar-refractivity contribution >= 4 is 50.7 Å². The lowest BCUT2D eigenvalue weighted by molar-refractivity contribution is -0.322. The molecule has 2 saturated carbocycles. The van der Waals surface area contributed by atoms with Crippen LogP contribution in [0.3, 0.4) is 0 Å². The number of ether oxygens (including phenoxy) is 3. The summed E-state index contributed by atoms with van der Waals surface area (Å²) in [5.41, 5.74) is -6.65. The summed E-state index contributed by atoms with van der Waals surface area (Å²) in [4.78, 5) is 62.7. The Labute approximate surface area is 293 Å². The number of anilines is 2. The normalized spacial score (nSPS) is 41.5. The minimum atomic E-state index is -2.36. The van der Waals surface area contributed by atoms with Gasteiger partial charge in [0.2, 0.25) is 5.91 Å². The molecule has 0 radical (unpaired) electrons. The lowest BCUT2D eigenvalue weighted by Gasteiger charge is -2.46. The van der Waals surface area contributed by atoms with Gasteiger partial charge in [0.15, 0.2) is 18.1 Å². The molecular formula is C30H34BrN5O15. The van der Waals surface area contributed by atoms with Crippen molar-refractivity contribution in [2.24, 2.45) is 16.8 Å². The van der Waals surface area contributed by atoms with E-state index in [0.29, 0.717) is 4.47 Å². The van der Waals surface area contributed by atoms with Gasteiger partial charge in [-0.3, -0.25) is 24.4 Å². The largest absolute Gasteiger partial charge is 0.456 e. The van der Waals surface area contributed by atoms with Crippen molar-refractivity contribution in [2.75, 3.05) is 23.8 Å². The number of aliphatic hydroxyl groups is 8. The van der Waals surface area contributed by atoms with E-state index >= 15 is 0 Å². The number of aliphatic hydroxyl groups excluding tert-OH is 7. The fourth-order valence-electron chi connectivity index (χ4n) is 7.96. The number of aromatic amines is 2. The summed E-state index contributed by atoms with van der Waals surface area (Å²) in [5.74, 6) is -5.33. The van der Waals surface area contributed by atoms with E-state index < -0.39 is 114 Å². The molecule has 2 aliphatic carbocycles. The first-order valence-electron chi connectivity index (χ1n) is 15.8. The maximum Gasteiger partial charge on any atom is 0.327 e. The number of aliphatic imine (C=N–C) groups is 1. The lowest BCUT2D eigenvalue weighted by atomic mass is 9.65. The Morgan fingerprint density at radius 2 is 1.65 bits per heavy atom. The van der Waals surface area contributed by atoms with E-state index in [-0.39, 0.29) is 35.0 Å². The number of nitrogens with one attached hydrogen (secondary N) is 4. The molecule has 14 atom stereocenters. The molecule has 1 amide bonds. The van der Waals surface area contributed by atoms with Crippen molar-refractivity contribution in [1.29, 1.82) is 0 Å². The number of aromatic nitrogens is 2. The SMILES string of the molecule is C[C@@]1(O)C2=Nc3c([nH]c(=O)[nH]c3=O)NC[C@H]2[C@H](C(=O)O[C@H]2[C@H](O)[C@H](O)[C@H](O)[C@@H](O)[C@@H]2OC2OC[C@H](O)[C@@H](O)[C@@H]2O)[C@]12C(=O)Nc1cc(Br)ccc12. The summed E-state index contributed by atoms with van der Waals surface area (Å²) >= 11 is 3.33. The molecule has 1 unspecified atom stereocenters. The van der Waals surface area contributed by atoms with E-state index in [9.17, 15) is 60.0 Å². The van der Waals surface area contributed by atoms with Crippen LogP contribution in [-0.2, 0) is 29.2 Å². The van der Waals surface area contributed by atoms with Crippen LogP contribution >= 0.6 is 15.9 Å². The summed E-state index contributed by atoms with van der Waals surface area (Å²) in [7, 11) is 0. The van der Waals surface area contributed by atoms with Gasteiger partial charge in [-0.05, 0) is 24.6 Å². The van der Waals surface area contributed by atoms with Crippen LogP contribution < -0.4 is 21.9 Å². The molecule has 276 valence electrons. The van der Waals surface area contributed by atoms with E-state index in [1.807, 2.05) is 4.98 Å². The smallest absolute Gasteiger partial charge is 0.327 e. The van der Waals surface area contributed by atoms with Crippen molar-refractivity contribution in [3.8, 4) is 0 Å². The topological polar surface area (TPSA) is 326 Å². The molecule has 5 aliphatic rings. The van der Waals surface area contributed by atoms with Crippen molar-refractivity contribution in [3.05, 3.63) is 49.1 Å². The predicted molar refractivity (Wildman–Crippen MR) is 172 cm³/mol. The lowest BCUT2D eigenvalue weighted by Crippen LogP contribution is -2.67. The first kappa shape index (κ1) is 35.8. The van der Waals surface area contributed by atoms with Gasteiger partial charge >= 0.3 is 11.7 Å². The second-order valence-electron chi connectivity index (χ2n) is 13.3. The molecule has 3 fully saturated rings. The van der Waals surface area contributed by atoms with Gasteiger partial charge in [-0.2, -0.15) is 0 Å². The zero-order valence-electron chi connectivity index (χ0n) is 26.3. The number of carbonyl (C=O) groups excluding carboxylic acids is 2. The number of nitrogens with zero attached hydrogens (tertiary/aromatic N) is 1. The quantitative estimate of drug-likeness (QED) is 0.130. The first-order chi connectivity index (χ1) is 24.0. The molecule has 1 aromatic heterocycles. The van der Waals surface area contributed by atoms with Gasteiger partial charge in [0, 0.05) is 22.6 Å². The molecule has 0 bridgehead atoms. The third-order valence-electron chi connectivity index (χ3n) is 10.4. The number of rotatable bonds is 4. The number of esters is 1. The first-order valence-corrected chi connectivity index (χ1v) is 16.6. The monoisotopic (exact) mass is 783 g/mol. The molecule has 1 aromatic carbocycles. The van der Waals surface area contributed by atoms with Gasteiger partial charge in [-0.1, -0.05) is 22.0 Å². The van der Waals surface area contributed by atoms with Crippen molar-refractivity contribution in [2.45, 2.75) is 79.2 Å². The highest BCUT2D eigenvalue weighted by Crippen LogP contribution is 2.60. The maximum atomic E-state index is 14.7. The minimum Gasteiger partial charge on any atom is -0.456 e. The van der Waals surface area contributed by atoms with Gasteiger partial charge in [0.1, 0.15) is 65.7 Å². The molecule has 7 rings (SSSR count). The van der Waals surface area contributed by atoms with Crippen LogP contribution in [0.5, 0.6) is 0 Å². The highest BCUT2D eigenvalue weighted by molar-refractivity contribution is 9.10. The Balaban J connectivity index is 1.34. The Bertz CT molecular complexity index is 1920. The molecule has 1 saturated heterocycles. The number of benzene rings is 1. The zero-order valence-corrected chi connectivity index (χ0v) is 27.9. The third-order valence-corrected chi connectivity index (χ3v) is 10.9. The van der Waals surface area contributed by atoms with Crippen LogP contribution in [0, 0.1) is 11.8 Å². The fraction of sp³-hybridized carbons (Fsp3) is 0.567. The summed E-state index contributed by atoms with van der Waals surface area (Å²) < 4.78 is 17.2. The predicted octanol–water partition coefficient (Wildman–Crippen LogP) is -4.60. The molecule has 51 heavy (non-hydrogen) atoms. The molecule has 3 aliphatic heterocycles. The molecule has 20 nitrogen and oxygen atoms in total. The van der Waals surface area contributed by atoms with E-state index in [4.69, 9.17) is 14.2 Å². The average molecular weight is 785 g/mol. The van der Waals surface area contributed by atoms with E-state index in [1.165, 1.54) is 19.1 Å². The molecule has 21 heteroatoms. The van der Waals surface area contributed by atoms with Gasteiger partial charge in [0.05, 0.1) is 18.2 Å². The Morgan fingerprint density at radius 3 is 2.35 bits per heavy atom. The molecular weight excluding hydrogens is 750 g/mol. The summed E-state index contributed by atoms with van der Waals surface area (Å²) in [6.07, 6.45) is -19.5. The second kappa shape index (κ2) is 12.5. The van der Waals surface area contributed by atoms with Crippen LogP contribution in [0.2, 0.25) is 0 Å². The molecule has 4 heterocycles. The van der Waals surface area contributed by atoms with Gasteiger partial charge in [-0.15, -0.1) is 0 Å². The number of amides is 1. The van der Waals surface area contributed by atoms with Crippen LogP contribution in [0.15, 0.2) is 37.3 Å². The Hall–Kier alpha value is -3.61. The van der Waals surface area contributed by atoms with E-state index in [2.05, 4.69) is 36.5 Å². The van der Waals surface area contributed by atoms with Crippen LogP contribution in [0.4, 0.5) is 17.2 Å². The van der Waals surface area contributed by atoms with Crippen molar-refractivity contribution < 1.29 is 64.7 Å². The standard InChI is InChI=1S/C30H34BrN5O15/c1-29(48)22-8(5-32-23-13(34-22)24(44)36-28(47)35-23)12(30(29)9-3-2-7(31)4-10(9)33-27(30)46)25(45)50-20-17(41)15(39)16(40)18(42)21(20)51-26-19(43)14(38)11(37)6-49-26/h2-4,8,11-12,14-21,26,37-43,48H,5-6H2,1H3,(H,33,46)(H3,32,35,36,44,47)/t8-,11-,12+,14+,15+,16-,17+,18+,19-,20-,21-,26?,29+,30+/m0/s1. The van der Waals surface area contributed by atoms with E-state index in [1.54, 1.807) is 6.07 Å². The Morgan fingerprint density at radius 1 is 0.961 bits per heavy atom. The van der Waals surface area contributed by atoms with Crippen LogP contribution in [0.25, 0.3) is 0 Å². The number of hydrogen-bond acceptors (Lipinski definition) is 17. The number of H-pyrrole nitrogens is 2. The van der Waals surface area contributed by atoms with Crippen LogP contribution in [0.1, 0.15) is 12.5 Å². The zero-order chi connectivity index (χ0) is 36.9. The highest BCUT2D eigenvalue weighted by atomic mass is 79.9. The fourth-order valence-corrected chi connectivity index (χ4v) is 8.32. The number of halogens is 1. The third kappa shape index (κ3) is 5.22. The summed E-state index contributed by atoms with van der Waals surface area (Å²) in [5, 5.41) is 91.7. The number of fused-ring (bicyclic) bond motifs is 4. The van der Waals surface area contributed by atoms with Gasteiger partial charge in [-0.25, -0.2) is 9.79 Å². The molecule has 1 spiro atoms. The van der Waals surface area contributed by atoms with E-state index in [0.717, 1.165) is 0 Å². The molecule has 2 aromatic rings. The minimum absolute atomic E-state index is 0.132. The van der Waals surface area contributed by atoms with Crippen molar-refractivity contribution in [1.82, 2.24) is 9.97 Å². The molecule has 12 N–H and O–H groups in total. The average Bonchev–Trinajstić information content (AvgIpc) is 3.35. The van der Waals surface area contributed by atoms with Gasteiger partial charge in [0.25, 0.3) is 5.56 Å². The second-order valence-corrected chi connectivity index (χ2v) is 14.2.